The van der Waals surface area contributed by atoms with Gasteiger partial charge in [-0.3, -0.25) is 24.4 Å². The number of rotatable bonds is 8. The van der Waals surface area contributed by atoms with E-state index < -0.39 is 40.0 Å². The highest BCUT2D eigenvalue weighted by Gasteiger charge is 2.49. The Bertz CT molecular complexity index is 1470. The molecule has 10 nitrogen and oxygen atoms in total. The van der Waals surface area contributed by atoms with Crippen LogP contribution in [0, 0.1) is 0 Å². The van der Waals surface area contributed by atoms with Gasteiger partial charge in [-0.1, -0.05) is 54.8 Å². The first-order chi connectivity index (χ1) is 19.2. The molecule has 1 fully saturated rings. The lowest BCUT2D eigenvalue weighted by atomic mass is 9.76. The topological polar surface area (TPSA) is 131 Å². The first-order valence-electron chi connectivity index (χ1n) is 13.0. The Balaban J connectivity index is 1.57. The molecule has 0 saturated heterocycles. The third-order valence-corrected chi connectivity index (χ3v) is 8.31. The fraction of sp³-hybridized carbons (Fsp3) is 0.357. The van der Waals surface area contributed by atoms with Crippen molar-refractivity contribution in [2.75, 3.05) is 6.26 Å². The molecule has 1 unspecified atom stereocenters. The van der Waals surface area contributed by atoms with Crippen molar-refractivity contribution < 1.29 is 22.8 Å². The SMILES string of the molecule is CS(=O)(=O)N[C@H]1CCCCC1N1C(=O)c2ccccc2[C@@H](C(=O)NOCc2cnccn2)[C@@H]1c1ccc(Cl)cc1. The average molecular weight is 584 g/mol. The van der Waals surface area contributed by atoms with Crippen LogP contribution in [0.25, 0.3) is 0 Å². The molecule has 0 radical (unpaired) electrons. The summed E-state index contributed by atoms with van der Waals surface area (Å²) in [5.41, 5.74) is 4.75. The van der Waals surface area contributed by atoms with E-state index in [-0.39, 0.29) is 12.5 Å². The fourth-order valence-electron chi connectivity index (χ4n) is 5.72. The second-order valence-corrected chi connectivity index (χ2v) is 12.3. The van der Waals surface area contributed by atoms with Gasteiger partial charge in [-0.15, -0.1) is 0 Å². The van der Waals surface area contributed by atoms with Gasteiger partial charge in [0, 0.05) is 35.1 Å². The molecule has 3 aromatic rings. The summed E-state index contributed by atoms with van der Waals surface area (Å²) >= 11 is 6.20. The molecular weight excluding hydrogens is 554 g/mol. The average Bonchev–Trinajstić information content (AvgIpc) is 2.94. The van der Waals surface area contributed by atoms with Crippen LogP contribution < -0.4 is 10.2 Å². The zero-order valence-corrected chi connectivity index (χ0v) is 23.4. The van der Waals surface area contributed by atoms with Gasteiger partial charge in [0.15, 0.2) is 0 Å². The van der Waals surface area contributed by atoms with Crippen LogP contribution >= 0.6 is 11.6 Å². The van der Waals surface area contributed by atoms with E-state index in [1.165, 1.54) is 12.4 Å². The molecule has 1 aromatic heterocycles. The van der Waals surface area contributed by atoms with E-state index in [1.54, 1.807) is 59.6 Å². The number of hydrogen-bond acceptors (Lipinski definition) is 7. The summed E-state index contributed by atoms with van der Waals surface area (Å²) in [6.45, 7) is 0.00514. The summed E-state index contributed by atoms with van der Waals surface area (Å²) in [7, 11) is -3.55. The number of hydroxylamine groups is 1. The smallest absolute Gasteiger partial charge is 0.255 e. The van der Waals surface area contributed by atoms with E-state index in [4.69, 9.17) is 16.4 Å². The van der Waals surface area contributed by atoms with E-state index >= 15 is 0 Å². The molecular formula is C28H30ClN5O5S. The van der Waals surface area contributed by atoms with Gasteiger partial charge in [0.1, 0.15) is 6.61 Å². The van der Waals surface area contributed by atoms with E-state index in [2.05, 4.69) is 20.2 Å². The number of carbonyl (C=O) groups excluding carboxylic acids is 2. The Morgan fingerprint density at radius 2 is 1.85 bits per heavy atom. The van der Waals surface area contributed by atoms with Gasteiger partial charge in [0.05, 0.1) is 30.1 Å². The molecule has 210 valence electrons. The van der Waals surface area contributed by atoms with E-state index in [0.29, 0.717) is 40.2 Å². The standard InChI is InChI=1S/C28H30ClN5O5S/c1-40(37,38)33-23-8-4-5-9-24(23)34-26(18-10-12-19(29)13-11-18)25(21-6-2-3-7-22(21)28(34)36)27(35)32-39-17-20-16-30-14-15-31-20/h2-3,6-7,10-16,23-26,33H,4-5,8-9,17H2,1H3,(H,32,35)/t23-,24?,25+,26-/m0/s1. The summed E-state index contributed by atoms with van der Waals surface area (Å²) < 4.78 is 27.3. The minimum atomic E-state index is -3.55. The quantitative estimate of drug-likeness (QED) is 0.388. The maximum atomic E-state index is 14.2. The highest BCUT2D eigenvalue weighted by Crippen LogP contribution is 2.46. The van der Waals surface area contributed by atoms with Crippen LogP contribution in [-0.4, -0.2) is 53.4 Å². The molecule has 2 N–H and O–H groups in total. The number of carbonyl (C=O) groups is 2. The molecule has 5 rings (SSSR count). The Labute approximate surface area is 238 Å². The van der Waals surface area contributed by atoms with Crippen LogP contribution in [0.1, 0.15) is 64.8 Å². The maximum absolute atomic E-state index is 14.2. The number of halogens is 1. The summed E-state index contributed by atoms with van der Waals surface area (Å²) in [5, 5.41) is 0.514. The molecule has 1 aliphatic carbocycles. The largest absolute Gasteiger partial charge is 0.326 e. The number of sulfonamides is 1. The van der Waals surface area contributed by atoms with E-state index in [0.717, 1.165) is 19.1 Å². The fourth-order valence-corrected chi connectivity index (χ4v) is 6.67. The van der Waals surface area contributed by atoms with Crippen molar-refractivity contribution in [2.45, 2.75) is 56.3 Å². The van der Waals surface area contributed by atoms with Crippen LogP contribution in [0.5, 0.6) is 0 Å². The number of nitrogens with one attached hydrogen (secondary N) is 2. The molecule has 12 heteroatoms. The molecule has 2 aliphatic rings. The lowest BCUT2D eigenvalue weighted by molar-refractivity contribution is -0.138. The van der Waals surface area contributed by atoms with Crippen molar-refractivity contribution in [3.05, 3.63) is 94.5 Å². The van der Waals surface area contributed by atoms with Crippen LogP contribution in [-0.2, 0) is 26.3 Å². The Kier molecular flexibility index (Phi) is 8.46. The van der Waals surface area contributed by atoms with Crippen LogP contribution in [0.4, 0.5) is 0 Å². The van der Waals surface area contributed by atoms with Crippen molar-refractivity contribution in [2.24, 2.45) is 0 Å². The highest BCUT2D eigenvalue weighted by atomic mass is 35.5. The monoisotopic (exact) mass is 583 g/mol. The summed E-state index contributed by atoms with van der Waals surface area (Å²) in [4.78, 5) is 43.5. The van der Waals surface area contributed by atoms with Crippen molar-refractivity contribution in [1.82, 2.24) is 25.1 Å². The predicted molar refractivity (Wildman–Crippen MR) is 149 cm³/mol. The molecule has 2 amide bonds. The molecule has 1 saturated carbocycles. The van der Waals surface area contributed by atoms with Crippen LogP contribution in [0.15, 0.2) is 67.1 Å². The predicted octanol–water partition coefficient (Wildman–Crippen LogP) is 3.52. The van der Waals surface area contributed by atoms with Crippen molar-refractivity contribution in [3.63, 3.8) is 0 Å². The van der Waals surface area contributed by atoms with Crippen LogP contribution in [0.2, 0.25) is 5.02 Å². The molecule has 40 heavy (non-hydrogen) atoms. The number of amides is 2. The minimum absolute atomic E-state index is 0.00514. The molecule has 4 atom stereocenters. The molecule has 2 heterocycles. The van der Waals surface area contributed by atoms with Gasteiger partial charge in [-0.2, -0.15) is 0 Å². The number of nitrogens with zero attached hydrogens (tertiary/aromatic N) is 3. The van der Waals surface area contributed by atoms with Gasteiger partial charge in [0.25, 0.3) is 11.8 Å². The summed E-state index contributed by atoms with van der Waals surface area (Å²) in [5.74, 6) is -1.55. The zero-order valence-electron chi connectivity index (χ0n) is 21.9. The van der Waals surface area contributed by atoms with E-state index in [9.17, 15) is 18.0 Å². The van der Waals surface area contributed by atoms with Crippen molar-refractivity contribution in [3.8, 4) is 0 Å². The minimum Gasteiger partial charge on any atom is -0.326 e. The normalized spacial score (nSPS) is 22.9. The van der Waals surface area contributed by atoms with Gasteiger partial charge in [-0.05, 0) is 42.2 Å². The number of aromatic nitrogens is 2. The Morgan fingerprint density at radius 3 is 2.58 bits per heavy atom. The van der Waals surface area contributed by atoms with E-state index in [1.807, 2.05) is 0 Å². The summed E-state index contributed by atoms with van der Waals surface area (Å²) in [6.07, 6.45) is 8.54. The first-order valence-corrected chi connectivity index (χ1v) is 15.3. The lowest BCUT2D eigenvalue weighted by Gasteiger charge is -2.49. The van der Waals surface area contributed by atoms with Gasteiger partial charge in [0.2, 0.25) is 10.0 Å². The summed E-state index contributed by atoms with van der Waals surface area (Å²) in [6, 6.07) is 12.3. The van der Waals surface area contributed by atoms with Crippen LogP contribution in [0.3, 0.4) is 0 Å². The third-order valence-electron chi connectivity index (χ3n) is 7.33. The van der Waals surface area contributed by atoms with Crippen molar-refractivity contribution in [1.29, 1.82) is 0 Å². The molecule has 1 aliphatic heterocycles. The lowest BCUT2D eigenvalue weighted by Crippen LogP contribution is -2.59. The molecule has 0 bridgehead atoms. The maximum Gasteiger partial charge on any atom is 0.255 e. The Hall–Kier alpha value is -3.38. The molecule has 0 spiro atoms. The first kappa shape index (κ1) is 28.2. The van der Waals surface area contributed by atoms with Gasteiger partial charge < -0.3 is 4.90 Å². The number of fused-ring (bicyclic) bond motifs is 1. The van der Waals surface area contributed by atoms with Gasteiger partial charge in [-0.25, -0.2) is 18.6 Å². The Morgan fingerprint density at radius 1 is 1.10 bits per heavy atom. The second-order valence-electron chi connectivity index (χ2n) is 10.1. The molecule has 2 aromatic carbocycles. The highest BCUT2D eigenvalue weighted by molar-refractivity contribution is 7.88. The van der Waals surface area contributed by atoms with Crippen molar-refractivity contribution >= 4 is 33.4 Å². The number of benzene rings is 2. The third kappa shape index (κ3) is 6.17. The zero-order chi connectivity index (χ0) is 28.3. The van der Waals surface area contributed by atoms with Gasteiger partial charge >= 0.3 is 0 Å². The number of hydrogen-bond donors (Lipinski definition) is 2. The second kappa shape index (κ2) is 12.0.